The van der Waals surface area contributed by atoms with Crippen molar-refractivity contribution in [2.75, 3.05) is 19.6 Å². The van der Waals surface area contributed by atoms with Crippen LogP contribution in [-0.2, 0) is 22.4 Å². The Balaban J connectivity index is 1.68. The molecule has 6 nitrogen and oxygen atoms in total. The van der Waals surface area contributed by atoms with Crippen LogP contribution in [0.15, 0.2) is 24.3 Å². The maximum atomic E-state index is 13.4. The molecular formula is C24H31FN4O2. The summed E-state index contributed by atoms with van der Waals surface area (Å²) >= 11 is 0. The molecule has 0 unspecified atom stereocenters. The van der Waals surface area contributed by atoms with Crippen LogP contribution in [0.4, 0.5) is 4.39 Å². The molecule has 0 saturated carbocycles. The van der Waals surface area contributed by atoms with Crippen LogP contribution in [0, 0.1) is 19.7 Å². The molecule has 3 rings (SSSR count). The number of nitrogens with zero attached hydrogens (tertiary/aromatic N) is 3. The van der Waals surface area contributed by atoms with Crippen molar-refractivity contribution < 1.29 is 14.0 Å². The van der Waals surface area contributed by atoms with Gasteiger partial charge in [0.05, 0.1) is 12.8 Å². The molecule has 0 radical (unpaired) electrons. The summed E-state index contributed by atoms with van der Waals surface area (Å²) in [4.78, 5) is 36.1. The average molecular weight is 427 g/mol. The molecule has 31 heavy (non-hydrogen) atoms. The zero-order valence-electron chi connectivity index (χ0n) is 18.6. The van der Waals surface area contributed by atoms with E-state index in [4.69, 9.17) is 9.97 Å². The molecule has 1 fully saturated rings. The van der Waals surface area contributed by atoms with E-state index in [2.05, 4.69) is 5.32 Å². The number of amides is 2. The van der Waals surface area contributed by atoms with Gasteiger partial charge in [0.25, 0.3) is 0 Å². The Morgan fingerprint density at radius 1 is 1.19 bits per heavy atom. The summed E-state index contributed by atoms with van der Waals surface area (Å²) in [5.41, 5.74) is 3.18. The van der Waals surface area contributed by atoms with Crippen LogP contribution >= 0.6 is 0 Å². The Morgan fingerprint density at radius 3 is 2.61 bits per heavy atom. The molecule has 166 valence electrons. The van der Waals surface area contributed by atoms with Crippen LogP contribution in [0.2, 0.25) is 0 Å². The number of nitrogens with one attached hydrogen (secondary N) is 1. The minimum Gasteiger partial charge on any atom is -0.356 e. The summed E-state index contributed by atoms with van der Waals surface area (Å²) in [7, 11) is 0. The second-order valence-corrected chi connectivity index (χ2v) is 8.24. The van der Waals surface area contributed by atoms with E-state index in [1.165, 1.54) is 12.1 Å². The van der Waals surface area contributed by atoms with Crippen molar-refractivity contribution in [3.05, 3.63) is 58.4 Å². The second-order valence-electron chi connectivity index (χ2n) is 8.24. The van der Waals surface area contributed by atoms with Crippen LogP contribution in [0.5, 0.6) is 0 Å². The monoisotopic (exact) mass is 426 g/mol. The van der Waals surface area contributed by atoms with Gasteiger partial charge in [-0.05, 0) is 50.8 Å². The molecule has 1 aliphatic heterocycles. The van der Waals surface area contributed by atoms with Crippen molar-refractivity contribution in [3.8, 4) is 0 Å². The molecular weight excluding hydrogens is 395 g/mol. The molecule has 2 aromatic rings. The Hall–Kier alpha value is -2.83. The van der Waals surface area contributed by atoms with Gasteiger partial charge in [0.15, 0.2) is 0 Å². The van der Waals surface area contributed by atoms with Gasteiger partial charge >= 0.3 is 0 Å². The van der Waals surface area contributed by atoms with Crippen molar-refractivity contribution >= 4 is 11.8 Å². The molecule has 1 atom stereocenters. The van der Waals surface area contributed by atoms with E-state index in [0.717, 1.165) is 42.0 Å². The van der Waals surface area contributed by atoms with Gasteiger partial charge in [-0.15, -0.1) is 0 Å². The molecule has 1 N–H and O–H groups in total. The van der Waals surface area contributed by atoms with Gasteiger partial charge in [-0.1, -0.05) is 19.1 Å². The molecule has 0 spiro atoms. The highest BCUT2D eigenvalue weighted by molar-refractivity contribution is 5.79. The summed E-state index contributed by atoms with van der Waals surface area (Å²) in [5.74, 6) is 0.440. The van der Waals surface area contributed by atoms with E-state index in [-0.39, 0.29) is 36.4 Å². The van der Waals surface area contributed by atoms with Gasteiger partial charge < -0.3 is 10.2 Å². The number of halogens is 1. The zero-order valence-corrected chi connectivity index (χ0v) is 18.6. The third-order valence-corrected chi connectivity index (χ3v) is 5.73. The van der Waals surface area contributed by atoms with Crippen molar-refractivity contribution in [3.63, 3.8) is 0 Å². The number of likely N-dealkylation sites (tertiary alicyclic amines) is 1. The first-order valence-corrected chi connectivity index (χ1v) is 11.0. The highest BCUT2D eigenvalue weighted by Crippen LogP contribution is 2.26. The summed E-state index contributed by atoms with van der Waals surface area (Å²) in [6.07, 6.45) is 3.16. The van der Waals surface area contributed by atoms with Crippen molar-refractivity contribution in [1.29, 1.82) is 0 Å². The van der Waals surface area contributed by atoms with Crippen LogP contribution in [0.1, 0.15) is 60.4 Å². The fourth-order valence-electron chi connectivity index (χ4n) is 4.04. The number of aromatic nitrogens is 2. The Morgan fingerprint density at radius 2 is 1.94 bits per heavy atom. The lowest BCUT2D eigenvalue weighted by atomic mass is 9.95. The van der Waals surface area contributed by atoms with Crippen molar-refractivity contribution in [1.82, 2.24) is 20.2 Å². The molecule has 1 saturated heterocycles. The Kier molecular flexibility index (Phi) is 7.71. The highest BCUT2D eigenvalue weighted by atomic mass is 19.1. The van der Waals surface area contributed by atoms with Crippen LogP contribution in [0.25, 0.3) is 0 Å². The fourth-order valence-corrected chi connectivity index (χ4v) is 4.04. The fraction of sp³-hybridized carbons (Fsp3) is 0.500. The van der Waals surface area contributed by atoms with E-state index in [0.29, 0.717) is 25.2 Å². The quantitative estimate of drug-likeness (QED) is 0.738. The minimum atomic E-state index is -0.329. The average Bonchev–Trinajstić information content (AvgIpc) is 2.74. The number of rotatable bonds is 7. The van der Waals surface area contributed by atoms with Crippen molar-refractivity contribution in [2.24, 2.45) is 0 Å². The number of hydrogen-bond donors (Lipinski definition) is 1. The van der Waals surface area contributed by atoms with Gasteiger partial charge in [-0.25, -0.2) is 14.4 Å². The minimum absolute atomic E-state index is 0.00652. The molecule has 0 aliphatic carbocycles. The zero-order chi connectivity index (χ0) is 22.4. The lowest BCUT2D eigenvalue weighted by Gasteiger charge is -2.32. The molecule has 2 heterocycles. The number of carbonyl (C=O) groups is 2. The Bertz CT molecular complexity index is 924. The third kappa shape index (κ3) is 6.09. The van der Waals surface area contributed by atoms with Gasteiger partial charge in [-0.2, -0.15) is 0 Å². The normalized spacial score (nSPS) is 16.3. The molecule has 1 aromatic heterocycles. The van der Waals surface area contributed by atoms with Crippen LogP contribution in [0.3, 0.4) is 0 Å². The van der Waals surface area contributed by atoms with Gasteiger partial charge in [0.1, 0.15) is 11.6 Å². The number of carbonyl (C=O) groups excluding carboxylic acids is 2. The summed E-state index contributed by atoms with van der Waals surface area (Å²) in [5, 5.41) is 2.89. The maximum Gasteiger partial charge on any atom is 0.227 e. The molecule has 2 amide bonds. The van der Waals surface area contributed by atoms with Gasteiger partial charge in [0.2, 0.25) is 11.8 Å². The Labute approximate surface area is 183 Å². The van der Waals surface area contributed by atoms with E-state index in [1.807, 2.05) is 25.7 Å². The smallest absolute Gasteiger partial charge is 0.227 e. The molecule has 1 aliphatic rings. The number of aryl methyl sites for hydroxylation is 2. The van der Waals surface area contributed by atoms with E-state index in [1.54, 1.807) is 12.1 Å². The SMILES string of the molecule is CCCNC(=O)Cc1c(C)nc([C@H]2CCCN(C(=O)Cc3cccc(F)c3)C2)nc1C. The third-order valence-electron chi connectivity index (χ3n) is 5.73. The second kappa shape index (κ2) is 10.5. The first-order chi connectivity index (χ1) is 14.9. The highest BCUT2D eigenvalue weighted by Gasteiger charge is 2.27. The number of hydrogen-bond acceptors (Lipinski definition) is 4. The molecule has 7 heteroatoms. The van der Waals surface area contributed by atoms with Crippen molar-refractivity contribution in [2.45, 2.75) is 58.8 Å². The largest absolute Gasteiger partial charge is 0.356 e. The molecule has 1 aromatic carbocycles. The van der Waals surface area contributed by atoms with E-state index < -0.39 is 0 Å². The lowest BCUT2D eigenvalue weighted by molar-refractivity contribution is -0.131. The van der Waals surface area contributed by atoms with Crippen LogP contribution in [-0.4, -0.2) is 46.3 Å². The van der Waals surface area contributed by atoms with Gasteiger partial charge in [-0.3, -0.25) is 9.59 Å². The first kappa shape index (κ1) is 22.8. The van der Waals surface area contributed by atoms with Crippen LogP contribution < -0.4 is 5.32 Å². The van der Waals surface area contributed by atoms with E-state index in [9.17, 15) is 14.0 Å². The first-order valence-electron chi connectivity index (χ1n) is 11.0. The van der Waals surface area contributed by atoms with E-state index >= 15 is 0 Å². The topological polar surface area (TPSA) is 75.2 Å². The molecule has 0 bridgehead atoms. The summed E-state index contributed by atoms with van der Waals surface area (Å²) in [6.45, 7) is 7.76. The predicted molar refractivity (Wildman–Crippen MR) is 117 cm³/mol. The predicted octanol–water partition coefficient (Wildman–Crippen LogP) is 3.25. The maximum absolute atomic E-state index is 13.4. The summed E-state index contributed by atoms with van der Waals surface area (Å²) in [6, 6.07) is 6.18. The standard InChI is InChI=1S/C24H31FN4O2/c1-4-10-26-22(30)14-21-16(2)27-24(28-17(21)3)19-8-6-11-29(15-19)23(31)13-18-7-5-9-20(25)12-18/h5,7,9,12,19H,4,6,8,10-11,13-15H2,1-3H3,(H,26,30)/t19-/m0/s1. The lowest BCUT2D eigenvalue weighted by Crippen LogP contribution is -2.40. The number of benzene rings is 1. The number of piperidine rings is 1. The summed E-state index contributed by atoms with van der Waals surface area (Å²) < 4.78 is 13.4. The van der Waals surface area contributed by atoms with Gasteiger partial charge in [0, 0.05) is 42.5 Å².